The third-order valence-corrected chi connectivity index (χ3v) is 5.17. The SMILES string of the molecule is O=S(=O)(O)C(F)(F)F.O=c1oc2ccc(S)cc2c(-c2ccccc2)c1-c1ccccc1. The smallest absolute Gasteiger partial charge is 0.422 e. The van der Waals surface area contributed by atoms with Gasteiger partial charge in [0.25, 0.3) is 0 Å². The zero-order valence-electron chi connectivity index (χ0n) is 16.1. The van der Waals surface area contributed by atoms with Gasteiger partial charge in [-0.15, -0.1) is 12.6 Å². The second-order valence-electron chi connectivity index (χ2n) is 6.47. The van der Waals surface area contributed by atoms with E-state index in [9.17, 15) is 18.0 Å². The maximum atomic E-state index is 12.7. The van der Waals surface area contributed by atoms with Crippen LogP contribution >= 0.6 is 12.6 Å². The van der Waals surface area contributed by atoms with Gasteiger partial charge in [0.1, 0.15) is 5.58 Å². The maximum Gasteiger partial charge on any atom is 0.522 e. The Morgan fingerprint density at radius 3 is 1.75 bits per heavy atom. The Bertz CT molecular complexity index is 1400. The quantitative estimate of drug-likeness (QED) is 0.164. The molecule has 0 aliphatic carbocycles. The average Bonchev–Trinajstić information content (AvgIpc) is 2.73. The van der Waals surface area contributed by atoms with E-state index in [0.717, 1.165) is 27.0 Å². The first-order valence-corrected chi connectivity index (χ1v) is 10.8. The van der Waals surface area contributed by atoms with E-state index >= 15 is 0 Å². The molecule has 1 aromatic heterocycles. The van der Waals surface area contributed by atoms with E-state index in [4.69, 9.17) is 17.4 Å². The molecule has 3 aromatic carbocycles. The Morgan fingerprint density at radius 2 is 1.28 bits per heavy atom. The molecule has 0 saturated heterocycles. The third-order valence-electron chi connectivity index (χ3n) is 4.31. The predicted octanol–water partition coefficient (Wildman–Crippen LogP) is 5.81. The maximum absolute atomic E-state index is 12.7. The first kappa shape index (κ1) is 23.6. The summed E-state index contributed by atoms with van der Waals surface area (Å²) in [6.45, 7) is 0. The lowest BCUT2D eigenvalue weighted by molar-refractivity contribution is -0.0510. The van der Waals surface area contributed by atoms with Crippen molar-refractivity contribution >= 4 is 33.7 Å². The average molecular weight is 480 g/mol. The van der Waals surface area contributed by atoms with Crippen molar-refractivity contribution in [2.45, 2.75) is 10.4 Å². The molecule has 0 saturated carbocycles. The number of hydrogen-bond acceptors (Lipinski definition) is 5. The number of thiol groups is 1. The number of alkyl halides is 3. The van der Waals surface area contributed by atoms with Crippen LogP contribution in [0.15, 0.2) is 93.0 Å². The Kier molecular flexibility index (Phi) is 6.77. The standard InChI is InChI=1S/C21H14O2S.CHF3O3S/c22-21-20(15-9-5-2-6-10-15)19(14-7-3-1-4-8-14)17-13-16(24)11-12-18(17)23-21;2-1(3,4)8(5,6)7/h1-13,24H;(H,5,6,7). The molecule has 1 heterocycles. The minimum Gasteiger partial charge on any atom is -0.422 e. The van der Waals surface area contributed by atoms with Crippen LogP contribution in [0.2, 0.25) is 0 Å². The molecule has 166 valence electrons. The van der Waals surface area contributed by atoms with Crippen LogP contribution in [-0.4, -0.2) is 18.5 Å². The summed E-state index contributed by atoms with van der Waals surface area (Å²) in [5.74, 6) is 0. The molecule has 0 spiro atoms. The summed E-state index contributed by atoms with van der Waals surface area (Å²) >= 11 is 4.45. The van der Waals surface area contributed by atoms with Gasteiger partial charge >= 0.3 is 21.3 Å². The van der Waals surface area contributed by atoms with E-state index in [2.05, 4.69) is 12.6 Å². The van der Waals surface area contributed by atoms with Crippen molar-refractivity contribution in [2.75, 3.05) is 0 Å². The minimum atomic E-state index is -5.84. The van der Waals surface area contributed by atoms with Crippen molar-refractivity contribution in [1.82, 2.24) is 0 Å². The third kappa shape index (κ3) is 5.21. The lowest BCUT2D eigenvalue weighted by Crippen LogP contribution is -2.21. The summed E-state index contributed by atoms with van der Waals surface area (Å²) in [6, 6.07) is 25.1. The van der Waals surface area contributed by atoms with E-state index in [-0.39, 0.29) is 5.63 Å². The van der Waals surface area contributed by atoms with Crippen LogP contribution in [0.1, 0.15) is 0 Å². The summed E-state index contributed by atoms with van der Waals surface area (Å²) in [4.78, 5) is 13.6. The van der Waals surface area contributed by atoms with Crippen LogP contribution in [0.5, 0.6) is 0 Å². The molecule has 0 unspecified atom stereocenters. The fourth-order valence-electron chi connectivity index (χ4n) is 2.96. The molecule has 0 bridgehead atoms. The van der Waals surface area contributed by atoms with Crippen molar-refractivity contribution in [3.8, 4) is 22.3 Å². The molecule has 0 aliphatic heterocycles. The Balaban J connectivity index is 0.000000312. The van der Waals surface area contributed by atoms with Crippen molar-refractivity contribution in [3.05, 3.63) is 89.3 Å². The van der Waals surface area contributed by atoms with Crippen LogP contribution < -0.4 is 5.63 Å². The minimum absolute atomic E-state index is 0.334. The van der Waals surface area contributed by atoms with Crippen LogP contribution in [0.3, 0.4) is 0 Å². The van der Waals surface area contributed by atoms with Gasteiger partial charge in [0.2, 0.25) is 0 Å². The summed E-state index contributed by atoms with van der Waals surface area (Å²) in [5.41, 5.74) is -2.02. The lowest BCUT2D eigenvalue weighted by atomic mass is 9.93. The summed E-state index contributed by atoms with van der Waals surface area (Å²) in [5, 5.41) is 0.882. The van der Waals surface area contributed by atoms with Gasteiger partial charge in [-0.2, -0.15) is 21.6 Å². The van der Waals surface area contributed by atoms with Crippen molar-refractivity contribution in [3.63, 3.8) is 0 Å². The summed E-state index contributed by atoms with van der Waals surface area (Å²) < 4.78 is 63.1. The van der Waals surface area contributed by atoms with Crippen molar-refractivity contribution in [2.24, 2.45) is 0 Å². The lowest BCUT2D eigenvalue weighted by Gasteiger charge is -2.12. The van der Waals surface area contributed by atoms with Crippen LogP contribution in [0, 0.1) is 0 Å². The molecule has 5 nitrogen and oxygen atoms in total. The van der Waals surface area contributed by atoms with E-state index in [1.165, 1.54) is 0 Å². The highest BCUT2D eigenvalue weighted by Crippen LogP contribution is 2.36. The normalized spacial score (nSPS) is 11.7. The molecule has 4 rings (SSSR count). The van der Waals surface area contributed by atoms with E-state index in [1.54, 1.807) is 6.07 Å². The van der Waals surface area contributed by atoms with Gasteiger partial charge in [-0.1, -0.05) is 60.7 Å². The molecule has 0 radical (unpaired) electrons. The molecule has 0 fully saturated rings. The highest BCUT2D eigenvalue weighted by Gasteiger charge is 2.44. The van der Waals surface area contributed by atoms with Gasteiger partial charge in [0.05, 0.1) is 5.56 Å². The van der Waals surface area contributed by atoms with Gasteiger partial charge < -0.3 is 4.42 Å². The first-order valence-electron chi connectivity index (χ1n) is 8.93. The zero-order valence-corrected chi connectivity index (χ0v) is 17.8. The van der Waals surface area contributed by atoms with Crippen molar-refractivity contribution in [1.29, 1.82) is 0 Å². The molecular formula is C22H15F3O5S2. The highest BCUT2D eigenvalue weighted by atomic mass is 32.2. The second kappa shape index (κ2) is 9.19. The molecule has 10 heteroatoms. The molecule has 0 aliphatic rings. The van der Waals surface area contributed by atoms with Gasteiger partial charge in [0, 0.05) is 15.8 Å². The van der Waals surface area contributed by atoms with Crippen LogP contribution in [0.4, 0.5) is 13.2 Å². The Hall–Kier alpha value is -3.08. The summed E-state index contributed by atoms with van der Waals surface area (Å²) in [7, 11) is -5.84. The van der Waals surface area contributed by atoms with E-state index in [1.807, 2.05) is 72.8 Å². The van der Waals surface area contributed by atoms with E-state index < -0.39 is 15.6 Å². The molecular weight excluding hydrogens is 465 g/mol. The fourth-order valence-corrected chi connectivity index (χ4v) is 3.17. The monoisotopic (exact) mass is 480 g/mol. The zero-order chi connectivity index (χ0) is 23.5. The topological polar surface area (TPSA) is 84.6 Å². The highest BCUT2D eigenvalue weighted by molar-refractivity contribution is 7.86. The Labute approximate surface area is 186 Å². The molecule has 0 atom stereocenters. The second-order valence-corrected chi connectivity index (χ2v) is 8.40. The van der Waals surface area contributed by atoms with Crippen LogP contribution in [0.25, 0.3) is 33.2 Å². The first-order chi connectivity index (χ1) is 15.0. The number of benzene rings is 3. The molecule has 32 heavy (non-hydrogen) atoms. The molecule has 0 amide bonds. The van der Waals surface area contributed by atoms with Crippen LogP contribution in [-0.2, 0) is 10.1 Å². The van der Waals surface area contributed by atoms with Gasteiger partial charge in [-0.25, -0.2) is 4.79 Å². The number of hydrogen-bond donors (Lipinski definition) is 2. The van der Waals surface area contributed by atoms with Gasteiger partial charge in [-0.05, 0) is 29.3 Å². The summed E-state index contributed by atoms with van der Waals surface area (Å²) in [6.07, 6.45) is 0. The molecule has 1 N–H and O–H groups in total. The fraction of sp³-hybridized carbons (Fsp3) is 0.0455. The van der Waals surface area contributed by atoms with Gasteiger partial charge in [0.15, 0.2) is 0 Å². The number of fused-ring (bicyclic) bond motifs is 1. The Morgan fingerprint density at radius 1 is 0.812 bits per heavy atom. The van der Waals surface area contributed by atoms with Gasteiger partial charge in [-0.3, -0.25) is 4.55 Å². The number of halogens is 3. The largest absolute Gasteiger partial charge is 0.522 e. The molecule has 4 aromatic rings. The predicted molar refractivity (Wildman–Crippen MR) is 118 cm³/mol. The van der Waals surface area contributed by atoms with E-state index in [0.29, 0.717) is 11.1 Å². The number of rotatable bonds is 2. The van der Waals surface area contributed by atoms with Crippen molar-refractivity contribution < 1.29 is 30.6 Å².